The van der Waals surface area contributed by atoms with Gasteiger partial charge in [-0.3, -0.25) is 19.1 Å². The minimum absolute atomic E-state index is 0.0588. The lowest BCUT2D eigenvalue weighted by molar-refractivity contribution is -0.147. The van der Waals surface area contributed by atoms with E-state index in [0.29, 0.717) is 11.1 Å². The number of rotatable bonds is 2. The number of phenolic OH excluding ortho intramolecular Hbond substituents is 1. The molecule has 10 nitrogen and oxygen atoms in total. The van der Waals surface area contributed by atoms with Crippen LogP contribution in [0, 0.1) is 11.8 Å². The molecule has 5 rings (SSSR count). The molecule has 170 valence electrons. The topological polar surface area (TPSA) is 176 Å². The third kappa shape index (κ3) is 2.70. The van der Waals surface area contributed by atoms with Crippen molar-refractivity contribution >= 4 is 23.2 Å². The molecule has 1 heterocycles. The third-order valence-electron chi connectivity index (χ3n) is 6.96. The van der Waals surface area contributed by atoms with Crippen molar-refractivity contribution in [2.75, 3.05) is 0 Å². The number of carbonyl (C=O) groups excluding carboxylic acids is 3. The Morgan fingerprint density at radius 1 is 1.21 bits per heavy atom. The van der Waals surface area contributed by atoms with Crippen LogP contribution in [-0.2, 0) is 27.9 Å². The molecule has 1 aromatic heterocycles. The van der Waals surface area contributed by atoms with Gasteiger partial charge in [-0.25, -0.2) is 0 Å². The first kappa shape index (κ1) is 21.0. The molecule has 0 aliphatic heterocycles. The summed E-state index contributed by atoms with van der Waals surface area (Å²) in [6.07, 6.45) is 3.40. The second-order valence-electron chi connectivity index (χ2n) is 8.80. The predicted molar refractivity (Wildman–Crippen MR) is 114 cm³/mol. The van der Waals surface area contributed by atoms with E-state index in [9.17, 15) is 34.8 Å². The number of aromatic nitrogens is 2. The second kappa shape index (κ2) is 6.79. The minimum Gasteiger partial charge on any atom is -0.508 e. The highest BCUT2D eigenvalue weighted by Crippen LogP contribution is 2.52. The first-order valence-corrected chi connectivity index (χ1v) is 10.4. The summed E-state index contributed by atoms with van der Waals surface area (Å²) in [5.41, 5.74) is 3.79. The van der Waals surface area contributed by atoms with Crippen molar-refractivity contribution in [3.8, 4) is 16.9 Å². The fourth-order valence-corrected chi connectivity index (χ4v) is 5.45. The highest BCUT2D eigenvalue weighted by molar-refractivity contribution is 6.22. The van der Waals surface area contributed by atoms with Crippen LogP contribution in [0.5, 0.6) is 5.75 Å². The van der Waals surface area contributed by atoms with E-state index in [0.717, 1.165) is 5.56 Å². The number of amides is 1. The zero-order chi connectivity index (χ0) is 23.8. The summed E-state index contributed by atoms with van der Waals surface area (Å²) >= 11 is 0. The van der Waals surface area contributed by atoms with Crippen molar-refractivity contribution < 1.29 is 34.8 Å². The standard InChI is InChI=1S/C23H21N3O7/c1-26-8-10(7-25-26)12-2-3-14(27)17-13(12)5-9-4-11-6-15(28)18(22(24)32)21(31)23(11,33)20(30)16(9)19(17)29/h2-3,7-9,11,27,29,31,33H,4-6H2,1H3,(H2,24,32)/t9-,11+,23+/m1/s1. The van der Waals surface area contributed by atoms with Crippen LogP contribution in [0.4, 0.5) is 0 Å². The molecular weight excluding hydrogens is 430 g/mol. The maximum Gasteiger partial charge on any atom is 0.255 e. The number of aliphatic hydroxyl groups is 3. The Morgan fingerprint density at radius 2 is 1.94 bits per heavy atom. The quantitative estimate of drug-likeness (QED) is 0.417. The minimum atomic E-state index is -2.56. The summed E-state index contributed by atoms with van der Waals surface area (Å²) < 4.78 is 1.61. The maximum absolute atomic E-state index is 13.5. The van der Waals surface area contributed by atoms with Crippen LogP contribution < -0.4 is 5.73 Å². The van der Waals surface area contributed by atoms with E-state index in [-0.39, 0.29) is 36.1 Å². The van der Waals surface area contributed by atoms with Crippen LogP contribution >= 0.6 is 0 Å². The van der Waals surface area contributed by atoms with Crippen molar-refractivity contribution in [1.82, 2.24) is 9.78 Å². The average Bonchev–Trinajstić information content (AvgIpc) is 3.16. The van der Waals surface area contributed by atoms with Gasteiger partial charge in [0.25, 0.3) is 5.91 Å². The summed E-state index contributed by atoms with van der Waals surface area (Å²) in [5.74, 6) is -6.42. The van der Waals surface area contributed by atoms with Gasteiger partial charge < -0.3 is 26.2 Å². The average molecular weight is 451 g/mol. The summed E-state index contributed by atoms with van der Waals surface area (Å²) in [5, 5.41) is 47.6. The summed E-state index contributed by atoms with van der Waals surface area (Å²) in [6, 6.07) is 3.09. The van der Waals surface area contributed by atoms with Gasteiger partial charge in [-0.1, -0.05) is 6.07 Å². The zero-order valence-corrected chi connectivity index (χ0v) is 17.6. The van der Waals surface area contributed by atoms with E-state index in [1.54, 1.807) is 30.2 Å². The number of aromatic hydroxyl groups is 1. The highest BCUT2D eigenvalue weighted by Gasteiger charge is 2.60. The summed E-state index contributed by atoms with van der Waals surface area (Å²) in [6.45, 7) is 0. The zero-order valence-electron chi connectivity index (χ0n) is 17.6. The van der Waals surface area contributed by atoms with Crippen LogP contribution in [-0.4, -0.2) is 53.3 Å². The van der Waals surface area contributed by atoms with Gasteiger partial charge in [-0.2, -0.15) is 5.10 Å². The number of nitrogens with two attached hydrogens (primary N) is 1. The van der Waals surface area contributed by atoms with Crippen LogP contribution in [0.15, 0.2) is 41.4 Å². The van der Waals surface area contributed by atoms with Crippen molar-refractivity contribution in [1.29, 1.82) is 0 Å². The number of carbonyl (C=O) groups is 3. The van der Waals surface area contributed by atoms with Crippen molar-refractivity contribution in [3.63, 3.8) is 0 Å². The Balaban J connectivity index is 1.71. The fourth-order valence-electron chi connectivity index (χ4n) is 5.45. The van der Waals surface area contributed by atoms with Crippen LogP contribution in [0.2, 0.25) is 0 Å². The molecule has 0 saturated heterocycles. The smallest absolute Gasteiger partial charge is 0.255 e. The molecule has 0 radical (unpaired) electrons. The molecular formula is C23H21N3O7. The van der Waals surface area contributed by atoms with Gasteiger partial charge >= 0.3 is 0 Å². The number of aryl methyl sites for hydroxylation is 1. The number of hydrogen-bond acceptors (Lipinski definition) is 8. The SMILES string of the molecule is Cn1cc(-c2ccc(O)c3c2C[C@H]2C[C@H]4CC(=O)C(C(N)=O)=C(O)[C@@]4(O)C(=O)C2=C3O)cn1. The molecule has 0 spiro atoms. The molecule has 3 aliphatic rings. The molecule has 0 unspecified atom stereocenters. The second-order valence-corrected chi connectivity index (χ2v) is 8.80. The molecule has 10 heteroatoms. The van der Waals surface area contributed by atoms with Gasteiger partial charge in [0.1, 0.15) is 22.8 Å². The normalized spacial score (nSPS) is 26.7. The van der Waals surface area contributed by atoms with Crippen molar-refractivity contribution in [3.05, 3.63) is 52.6 Å². The van der Waals surface area contributed by atoms with Gasteiger partial charge in [-0.05, 0) is 36.0 Å². The van der Waals surface area contributed by atoms with Gasteiger partial charge in [0.2, 0.25) is 5.78 Å². The fraction of sp³-hybridized carbons (Fsp3) is 0.304. The summed E-state index contributed by atoms with van der Waals surface area (Å²) in [4.78, 5) is 37.6. The number of Topliss-reactive ketones (excluding diaryl/α,β-unsaturated/α-hetero) is 2. The van der Waals surface area contributed by atoms with E-state index in [2.05, 4.69) is 5.10 Å². The number of nitrogens with zero attached hydrogens (tertiary/aromatic N) is 2. The van der Waals surface area contributed by atoms with Gasteiger partial charge in [0.05, 0.1) is 11.8 Å². The van der Waals surface area contributed by atoms with E-state index >= 15 is 0 Å². The predicted octanol–water partition coefficient (Wildman–Crippen LogP) is 0.824. The number of primary amides is 1. The number of aliphatic hydroxyl groups excluding tert-OH is 2. The van der Waals surface area contributed by atoms with Crippen molar-refractivity contribution in [2.45, 2.75) is 24.9 Å². The van der Waals surface area contributed by atoms with Crippen LogP contribution in [0.25, 0.3) is 16.9 Å². The molecule has 2 aromatic rings. The van der Waals surface area contributed by atoms with E-state index in [1.165, 1.54) is 6.07 Å². The van der Waals surface area contributed by atoms with Gasteiger partial charge in [0.15, 0.2) is 11.4 Å². The number of ketones is 2. The van der Waals surface area contributed by atoms with E-state index in [4.69, 9.17) is 5.73 Å². The molecule has 0 bridgehead atoms. The molecule has 33 heavy (non-hydrogen) atoms. The highest BCUT2D eigenvalue weighted by atomic mass is 16.3. The Hall–Kier alpha value is -3.92. The molecule has 1 fully saturated rings. The number of phenols is 1. The van der Waals surface area contributed by atoms with Crippen molar-refractivity contribution in [2.24, 2.45) is 24.6 Å². The molecule has 3 aliphatic carbocycles. The van der Waals surface area contributed by atoms with Crippen LogP contribution in [0.1, 0.15) is 24.0 Å². The lowest BCUT2D eigenvalue weighted by atomic mass is 9.59. The number of hydrogen-bond donors (Lipinski definition) is 5. The Morgan fingerprint density at radius 3 is 2.58 bits per heavy atom. The maximum atomic E-state index is 13.5. The first-order valence-electron chi connectivity index (χ1n) is 10.4. The lowest BCUT2D eigenvalue weighted by Crippen LogP contribution is -2.58. The third-order valence-corrected chi connectivity index (χ3v) is 6.96. The molecule has 1 aromatic carbocycles. The van der Waals surface area contributed by atoms with E-state index in [1.807, 2.05) is 0 Å². The Bertz CT molecular complexity index is 1340. The Kier molecular flexibility index (Phi) is 4.31. The molecule has 1 amide bonds. The largest absolute Gasteiger partial charge is 0.508 e. The molecule has 1 saturated carbocycles. The number of fused-ring (bicyclic) bond motifs is 3. The van der Waals surface area contributed by atoms with Gasteiger partial charge in [0, 0.05) is 36.7 Å². The molecule has 6 N–H and O–H groups in total. The van der Waals surface area contributed by atoms with E-state index < -0.39 is 52.0 Å². The lowest BCUT2D eigenvalue weighted by Gasteiger charge is -2.46. The monoisotopic (exact) mass is 451 g/mol. The molecule has 3 atom stereocenters. The van der Waals surface area contributed by atoms with Gasteiger partial charge in [-0.15, -0.1) is 0 Å². The van der Waals surface area contributed by atoms with Crippen LogP contribution in [0.3, 0.4) is 0 Å². The first-order chi connectivity index (χ1) is 15.6. The Labute approximate surface area is 187 Å². The number of benzene rings is 1. The summed E-state index contributed by atoms with van der Waals surface area (Å²) in [7, 11) is 1.76.